The summed E-state index contributed by atoms with van der Waals surface area (Å²) >= 11 is 1.92. The number of thiophene rings is 1. The van der Waals surface area contributed by atoms with E-state index in [1.165, 1.54) is 261 Å². The summed E-state index contributed by atoms with van der Waals surface area (Å²) in [5.74, 6) is 30.2. The molecule has 127 heavy (non-hydrogen) atoms. The van der Waals surface area contributed by atoms with Crippen LogP contribution in [-0.4, -0.2) is 0 Å². The van der Waals surface area contributed by atoms with Crippen LogP contribution < -0.4 is 0 Å². The van der Waals surface area contributed by atoms with Crippen LogP contribution in [0.5, 0.6) is 0 Å². The molecule has 0 amide bonds. The SMILES string of the molecule is CC#Cc1cc2c(C#Cc3cc(CC(CC)CCCC)c(C)cc3CC(CC)CCCC)cc1-c1ccc(cc1)-c1ccc(cc1)-c1ccc(cc1)-c1ccc(cc1)-c1ccc-2cc1.CC#Cc1cc2c(C#Cc3sc(C)c(CCCCCCCC)c3CCCCCCCC)cc1-c1ccc(cc1)-c1ccc(cc1)-c1ccc(cc1)-c1ccc(cc1)-c1ccc-2cc1. The van der Waals surface area contributed by atoms with E-state index in [1.54, 1.807) is 5.56 Å². The Bertz CT molecular complexity index is 6290. The van der Waals surface area contributed by atoms with Crippen molar-refractivity contribution in [1.29, 1.82) is 0 Å². The predicted molar refractivity (Wildman–Crippen MR) is 551 cm³/mol. The molecular weight excluding hydrogens is 1550 g/mol. The largest absolute Gasteiger partial charge is 0.131 e. The normalized spacial score (nSPS) is 11.7. The van der Waals surface area contributed by atoms with Crippen molar-refractivity contribution in [3.05, 3.63) is 344 Å². The van der Waals surface area contributed by atoms with Gasteiger partial charge in [0.15, 0.2) is 0 Å². The molecule has 14 aromatic rings. The van der Waals surface area contributed by atoms with Gasteiger partial charge in [-0.25, -0.2) is 0 Å². The van der Waals surface area contributed by atoms with Gasteiger partial charge in [0.1, 0.15) is 0 Å². The summed E-state index contributed by atoms with van der Waals surface area (Å²) in [5.41, 5.74) is 41.0. The third-order valence-corrected chi connectivity index (χ3v) is 27.9. The highest BCUT2D eigenvalue weighted by atomic mass is 32.1. The van der Waals surface area contributed by atoms with Gasteiger partial charge < -0.3 is 0 Å². The van der Waals surface area contributed by atoms with Crippen LogP contribution in [0, 0.1) is 73.0 Å². The van der Waals surface area contributed by atoms with Gasteiger partial charge in [-0.15, -0.1) is 23.2 Å². The van der Waals surface area contributed by atoms with Crippen LogP contribution in [0.25, 0.3) is 134 Å². The molecule has 0 saturated heterocycles. The Morgan fingerprint density at radius 3 is 0.764 bits per heavy atom. The van der Waals surface area contributed by atoms with Gasteiger partial charge in [-0.1, -0.05) is 441 Å². The maximum absolute atomic E-state index is 3.86. The minimum atomic E-state index is 0.654. The van der Waals surface area contributed by atoms with E-state index in [0.29, 0.717) is 11.8 Å². The molecule has 2 atom stereocenters. The molecule has 1 heterocycles. The van der Waals surface area contributed by atoms with Crippen LogP contribution in [-0.2, 0) is 25.7 Å². The molecule has 46 rings (SSSR count). The number of aryl methyl sites for hydroxylation is 2. The van der Waals surface area contributed by atoms with E-state index in [-0.39, 0.29) is 0 Å². The first-order chi connectivity index (χ1) is 62.4. The lowest BCUT2D eigenvalue weighted by Crippen LogP contribution is -2.09. The standard InChI is InChI=1S/C64H64.C62H62S/c1-7-12-15-46(10-4)40-61-42-58(62(39-45(61)6)41-47(11-5)16-13-8-2)37-38-60-44-63-56-33-29-54(30-34-56)52-25-21-50(22-26-52)48-17-19-49(20-18-48)51-23-27-53(28-24-51)55-31-35-57(36-32-55)64(60)43-59(63)14-9-3;1-5-8-10-12-14-16-19-58-45(4)63-62(59(58)20-17-15-13-11-9-6-2)42-41-57-44-60-54-37-33-52(34-38-54)50-29-25-48(26-30-50)46-21-23-47(24-22-46)49-27-31-51(32-28-49)53-35-39-55(40-36-53)61(57)43-56(60)18-7-3/h17-36,39,42-44,46-47H,7-8,10-13,15-16,40-41H2,1-6H3;21-40,43-44H,5-6,8-17,19-20H2,1-4H3. The predicted octanol–water partition coefficient (Wildman–Crippen LogP) is 35.5. The molecule has 0 saturated carbocycles. The van der Waals surface area contributed by atoms with Crippen LogP contribution in [0.4, 0.5) is 0 Å². The fourth-order valence-electron chi connectivity index (χ4n) is 18.9. The highest BCUT2D eigenvalue weighted by molar-refractivity contribution is 7.12. The van der Waals surface area contributed by atoms with E-state index in [4.69, 9.17) is 0 Å². The monoisotopic (exact) mass is 1670 g/mol. The fraction of sp³-hybridized carbons (Fsp3) is 0.286. The minimum Gasteiger partial charge on any atom is -0.131 e. The number of unbranched alkanes of at least 4 members (excludes halogenated alkanes) is 12. The van der Waals surface area contributed by atoms with E-state index in [2.05, 4.69) is 382 Å². The Balaban J connectivity index is 0.000000196. The molecule has 0 aliphatic heterocycles. The molecule has 32 aliphatic rings. The molecule has 0 nitrogen and oxygen atoms in total. The molecule has 0 spiro atoms. The molecule has 2 unspecified atom stereocenters. The van der Waals surface area contributed by atoms with Crippen LogP contribution in [0.15, 0.2) is 279 Å². The highest BCUT2D eigenvalue weighted by Crippen LogP contribution is 2.42. The van der Waals surface area contributed by atoms with Crippen LogP contribution >= 0.6 is 11.3 Å². The number of benzene rings is 13. The van der Waals surface area contributed by atoms with Crippen molar-refractivity contribution < 1.29 is 0 Å². The van der Waals surface area contributed by atoms with E-state index in [1.807, 2.05) is 25.2 Å². The van der Waals surface area contributed by atoms with Crippen LogP contribution in [0.1, 0.15) is 249 Å². The molecule has 1 aromatic heterocycles. The summed E-state index contributed by atoms with van der Waals surface area (Å²) in [5, 5.41) is 0. The molecule has 32 aliphatic carbocycles. The van der Waals surface area contributed by atoms with Gasteiger partial charge in [0.2, 0.25) is 0 Å². The molecule has 0 fully saturated rings. The second-order valence-electron chi connectivity index (χ2n) is 35.6. The Kier molecular flexibility index (Phi) is 31.3. The van der Waals surface area contributed by atoms with Gasteiger partial charge in [-0.2, -0.15) is 0 Å². The Hall–Kier alpha value is -12.2. The van der Waals surface area contributed by atoms with Crippen molar-refractivity contribution >= 4 is 11.3 Å². The van der Waals surface area contributed by atoms with E-state index in [0.717, 1.165) is 86.0 Å². The Morgan fingerprint density at radius 2 is 0.480 bits per heavy atom. The maximum Gasteiger partial charge on any atom is 0.0809 e. The third-order valence-electron chi connectivity index (χ3n) is 26.8. The fourth-order valence-corrected chi connectivity index (χ4v) is 20.0. The summed E-state index contributed by atoms with van der Waals surface area (Å²) in [6, 6.07) is 104. The van der Waals surface area contributed by atoms with Crippen LogP contribution in [0.2, 0.25) is 0 Å². The zero-order valence-electron chi connectivity index (χ0n) is 77.1. The smallest absolute Gasteiger partial charge is 0.0809 e. The average molecular weight is 1670 g/mol. The summed E-state index contributed by atoms with van der Waals surface area (Å²) in [6.45, 7) is 22.5. The minimum absolute atomic E-state index is 0.654. The summed E-state index contributed by atoms with van der Waals surface area (Å²) in [6.07, 6.45) is 30.2. The van der Waals surface area contributed by atoms with Gasteiger partial charge in [0.25, 0.3) is 0 Å². The quantitative estimate of drug-likeness (QED) is 0.0374. The molecule has 0 radical (unpaired) electrons. The first-order valence-electron chi connectivity index (χ1n) is 47.9. The van der Waals surface area contributed by atoms with Gasteiger partial charge in [0.05, 0.1) is 4.88 Å². The van der Waals surface area contributed by atoms with Crippen molar-refractivity contribution in [2.45, 2.75) is 223 Å². The zero-order valence-corrected chi connectivity index (χ0v) is 77.9. The number of hydrogen-bond donors (Lipinski definition) is 0. The van der Waals surface area contributed by atoms with E-state index >= 15 is 0 Å². The lowest BCUT2D eigenvalue weighted by atomic mass is 9.85. The number of rotatable bonds is 26. The van der Waals surface area contributed by atoms with E-state index in [9.17, 15) is 0 Å². The van der Waals surface area contributed by atoms with E-state index < -0.39 is 0 Å². The average Bonchev–Trinajstić information content (AvgIpc) is 1.32. The second kappa shape index (κ2) is 44.3. The lowest BCUT2D eigenvalue weighted by molar-refractivity contribution is 0.445. The van der Waals surface area contributed by atoms with Crippen molar-refractivity contribution in [1.82, 2.24) is 0 Å². The van der Waals surface area contributed by atoms with Gasteiger partial charge in [0, 0.05) is 32.7 Å². The van der Waals surface area contributed by atoms with Crippen LogP contribution in [0.3, 0.4) is 0 Å². The second-order valence-corrected chi connectivity index (χ2v) is 36.8. The molecule has 1 heteroatoms. The third kappa shape index (κ3) is 22.4. The lowest BCUT2D eigenvalue weighted by Gasteiger charge is -2.20. The summed E-state index contributed by atoms with van der Waals surface area (Å²) in [4.78, 5) is 2.72. The highest BCUT2D eigenvalue weighted by Gasteiger charge is 2.22. The zero-order chi connectivity index (χ0) is 87.8. The first kappa shape index (κ1) is 89.6. The summed E-state index contributed by atoms with van der Waals surface area (Å²) in [7, 11) is 0. The van der Waals surface area contributed by atoms with Crippen molar-refractivity contribution in [2.24, 2.45) is 11.8 Å². The van der Waals surface area contributed by atoms with Gasteiger partial charge >= 0.3 is 0 Å². The van der Waals surface area contributed by atoms with Crippen molar-refractivity contribution in [3.63, 3.8) is 0 Å². The molecule has 24 bridgehead atoms. The molecule has 13 aromatic carbocycles. The van der Waals surface area contributed by atoms with Gasteiger partial charge in [-0.3, -0.25) is 0 Å². The topological polar surface area (TPSA) is 0 Å². The Labute approximate surface area is 766 Å². The van der Waals surface area contributed by atoms with Crippen molar-refractivity contribution in [3.8, 4) is 181 Å². The maximum atomic E-state index is 3.86. The molecule has 636 valence electrons. The number of hydrogen-bond acceptors (Lipinski definition) is 1. The Morgan fingerprint density at radius 1 is 0.236 bits per heavy atom. The molecular formula is C126H126S. The molecule has 0 N–H and O–H groups in total. The first-order valence-corrected chi connectivity index (χ1v) is 48.8. The van der Waals surface area contributed by atoms with Crippen molar-refractivity contribution in [2.75, 3.05) is 0 Å². The summed E-state index contributed by atoms with van der Waals surface area (Å²) < 4.78 is 0. The van der Waals surface area contributed by atoms with Gasteiger partial charge in [-0.05, 0) is 270 Å².